The largest absolute Gasteiger partial charge is 0.451 e. The van der Waals surface area contributed by atoms with E-state index in [9.17, 15) is 13.2 Å². The van der Waals surface area contributed by atoms with Crippen molar-refractivity contribution in [2.45, 2.75) is 18.6 Å². The van der Waals surface area contributed by atoms with Crippen molar-refractivity contribution in [1.29, 1.82) is 0 Å². The SMILES string of the molecule is CS(=O)(=O)Cc1c(C(=O)NCCCc2nc3ccccc3s2)oc2ccccc12. The van der Waals surface area contributed by atoms with E-state index in [1.54, 1.807) is 35.6 Å². The number of aromatic nitrogens is 1. The smallest absolute Gasteiger partial charge is 0.287 e. The van der Waals surface area contributed by atoms with Gasteiger partial charge >= 0.3 is 0 Å². The van der Waals surface area contributed by atoms with Crippen molar-refractivity contribution in [1.82, 2.24) is 10.3 Å². The number of amides is 1. The van der Waals surface area contributed by atoms with E-state index in [0.717, 1.165) is 34.3 Å². The van der Waals surface area contributed by atoms with Crippen molar-refractivity contribution < 1.29 is 17.6 Å². The molecule has 4 rings (SSSR count). The summed E-state index contributed by atoms with van der Waals surface area (Å²) in [5, 5.41) is 4.52. The normalized spacial score (nSPS) is 11.9. The molecule has 8 heteroatoms. The third-order valence-corrected chi connectivity index (χ3v) is 6.41. The minimum Gasteiger partial charge on any atom is -0.451 e. The first-order chi connectivity index (χ1) is 13.9. The first-order valence-corrected chi connectivity index (χ1v) is 12.1. The molecule has 0 aliphatic rings. The van der Waals surface area contributed by atoms with Gasteiger partial charge in [0.1, 0.15) is 5.58 Å². The Kier molecular flexibility index (Phi) is 5.38. The summed E-state index contributed by atoms with van der Waals surface area (Å²) in [6, 6.07) is 15.1. The zero-order valence-corrected chi connectivity index (χ0v) is 17.5. The van der Waals surface area contributed by atoms with Crippen molar-refractivity contribution in [3.63, 3.8) is 0 Å². The average molecular weight is 429 g/mol. The summed E-state index contributed by atoms with van der Waals surface area (Å²) in [5.74, 6) is -0.570. The summed E-state index contributed by atoms with van der Waals surface area (Å²) < 4.78 is 30.5. The van der Waals surface area contributed by atoms with E-state index in [-0.39, 0.29) is 11.5 Å². The molecule has 0 spiro atoms. The van der Waals surface area contributed by atoms with Gasteiger partial charge in [0.15, 0.2) is 15.6 Å². The Morgan fingerprint density at radius 2 is 1.90 bits per heavy atom. The van der Waals surface area contributed by atoms with Gasteiger partial charge in [-0.05, 0) is 24.6 Å². The number of nitrogens with one attached hydrogen (secondary N) is 1. The molecule has 1 amide bonds. The standard InChI is InChI=1S/C21H20N2O4S2/c1-29(25,26)13-15-14-7-2-4-9-17(14)27-20(15)21(24)22-12-6-11-19-23-16-8-3-5-10-18(16)28-19/h2-5,7-10H,6,11-13H2,1H3,(H,22,24). The fraction of sp³-hybridized carbons (Fsp3) is 0.238. The maximum absolute atomic E-state index is 12.7. The van der Waals surface area contributed by atoms with Crippen LogP contribution in [-0.2, 0) is 22.0 Å². The maximum atomic E-state index is 12.7. The van der Waals surface area contributed by atoms with Gasteiger partial charge in [-0.25, -0.2) is 13.4 Å². The lowest BCUT2D eigenvalue weighted by molar-refractivity contribution is 0.0926. The fourth-order valence-electron chi connectivity index (χ4n) is 3.24. The number of thiazole rings is 1. The van der Waals surface area contributed by atoms with Crippen LogP contribution in [0.1, 0.15) is 27.5 Å². The van der Waals surface area contributed by atoms with E-state index in [1.165, 1.54) is 0 Å². The van der Waals surface area contributed by atoms with Crippen LogP contribution in [0.2, 0.25) is 0 Å². The molecule has 150 valence electrons. The summed E-state index contributed by atoms with van der Waals surface area (Å²) in [5.41, 5.74) is 1.90. The van der Waals surface area contributed by atoms with Crippen LogP contribution in [0, 0.1) is 0 Å². The van der Waals surface area contributed by atoms with Gasteiger partial charge in [0.05, 0.1) is 21.0 Å². The molecular weight excluding hydrogens is 408 g/mol. The molecule has 0 saturated carbocycles. The van der Waals surface area contributed by atoms with Gasteiger partial charge in [0.25, 0.3) is 5.91 Å². The molecule has 0 aliphatic heterocycles. The second-order valence-electron chi connectivity index (χ2n) is 6.91. The van der Waals surface area contributed by atoms with E-state index < -0.39 is 15.7 Å². The monoisotopic (exact) mass is 428 g/mol. The molecule has 2 aromatic heterocycles. The number of hydrogen-bond acceptors (Lipinski definition) is 6. The van der Waals surface area contributed by atoms with Gasteiger partial charge < -0.3 is 9.73 Å². The highest BCUT2D eigenvalue weighted by molar-refractivity contribution is 7.89. The van der Waals surface area contributed by atoms with Gasteiger partial charge in [-0.15, -0.1) is 11.3 Å². The molecule has 0 atom stereocenters. The zero-order valence-electron chi connectivity index (χ0n) is 15.8. The minimum atomic E-state index is -3.32. The first-order valence-electron chi connectivity index (χ1n) is 9.21. The van der Waals surface area contributed by atoms with E-state index in [1.807, 2.05) is 24.3 Å². The number of furan rings is 1. The number of aryl methyl sites for hydroxylation is 1. The van der Waals surface area contributed by atoms with Crippen molar-refractivity contribution >= 4 is 48.3 Å². The van der Waals surface area contributed by atoms with Crippen molar-refractivity contribution in [2.75, 3.05) is 12.8 Å². The summed E-state index contributed by atoms with van der Waals surface area (Å²) >= 11 is 1.66. The highest BCUT2D eigenvalue weighted by Crippen LogP contribution is 2.27. The summed E-state index contributed by atoms with van der Waals surface area (Å²) in [7, 11) is -3.32. The third-order valence-electron chi connectivity index (χ3n) is 4.50. The van der Waals surface area contributed by atoms with Crippen LogP contribution in [-0.4, -0.2) is 32.1 Å². The van der Waals surface area contributed by atoms with Crippen LogP contribution in [0.4, 0.5) is 0 Å². The number of para-hydroxylation sites is 2. The molecule has 1 N–H and O–H groups in total. The molecule has 0 bridgehead atoms. The lowest BCUT2D eigenvalue weighted by atomic mass is 10.1. The Morgan fingerprint density at radius 3 is 2.69 bits per heavy atom. The molecule has 0 aliphatic carbocycles. The van der Waals surface area contributed by atoms with Crippen LogP contribution in [0.25, 0.3) is 21.2 Å². The van der Waals surface area contributed by atoms with Crippen LogP contribution >= 0.6 is 11.3 Å². The number of fused-ring (bicyclic) bond motifs is 2. The third kappa shape index (κ3) is 4.49. The topological polar surface area (TPSA) is 89.3 Å². The summed E-state index contributed by atoms with van der Waals surface area (Å²) in [6.07, 6.45) is 2.64. The van der Waals surface area contributed by atoms with E-state index in [4.69, 9.17) is 4.42 Å². The van der Waals surface area contributed by atoms with Crippen molar-refractivity contribution in [3.8, 4) is 0 Å². The number of nitrogens with zero attached hydrogens (tertiary/aromatic N) is 1. The van der Waals surface area contributed by atoms with E-state index >= 15 is 0 Å². The zero-order chi connectivity index (χ0) is 20.4. The van der Waals surface area contributed by atoms with Crippen molar-refractivity contribution in [2.24, 2.45) is 0 Å². The quantitative estimate of drug-likeness (QED) is 0.450. The lowest BCUT2D eigenvalue weighted by Gasteiger charge is -2.04. The Bertz CT molecular complexity index is 1260. The van der Waals surface area contributed by atoms with Gasteiger partial charge in [-0.3, -0.25) is 4.79 Å². The molecule has 29 heavy (non-hydrogen) atoms. The Balaban J connectivity index is 1.44. The second kappa shape index (κ2) is 7.96. The van der Waals surface area contributed by atoms with Crippen molar-refractivity contribution in [3.05, 3.63) is 64.9 Å². The van der Waals surface area contributed by atoms with E-state index in [2.05, 4.69) is 10.3 Å². The van der Waals surface area contributed by atoms with Gasteiger partial charge in [-0.1, -0.05) is 30.3 Å². The number of carbonyl (C=O) groups is 1. The van der Waals surface area contributed by atoms with Gasteiger partial charge in [0, 0.05) is 30.2 Å². The molecule has 6 nitrogen and oxygen atoms in total. The molecule has 2 aromatic carbocycles. The maximum Gasteiger partial charge on any atom is 0.287 e. The van der Waals surface area contributed by atoms with Crippen LogP contribution in [0.5, 0.6) is 0 Å². The number of benzene rings is 2. The first kappa shape index (κ1) is 19.6. The van der Waals surface area contributed by atoms with Crippen LogP contribution in [0.15, 0.2) is 52.9 Å². The van der Waals surface area contributed by atoms with E-state index in [0.29, 0.717) is 23.1 Å². The number of hydrogen-bond donors (Lipinski definition) is 1. The predicted molar refractivity (Wildman–Crippen MR) is 115 cm³/mol. The van der Waals surface area contributed by atoms with Gasteiger partial charge in [-0.2, -0.15) is 0 Å². The molecular formula is C21H20N2O4S2. The number of carbonyl (C=O) groups excluding carboxylic acids is 1. The molecule has 0 unspecified atom stereocenters. The highest BCUT2D eigenvalue weighted by Gasteiger charge is 2.23. The molecule has 0 radical (unpaired) electrons. The molecule has 4 aromatic rings. The van der Waals surface area contributed by atoms with Gasteiger partial charge in [0.2, 0.25) is 0 Å². The fourth-order valence-corrected chi connectivity index (χ4v) is 5.06. The number of rotatable bonds is 7. The minimum absolute atomic E-state index is 0.0663. The molecule has 0 saturated heterocycles. The molecule has 0 fully saturated rings. The molecule has 2 heterocycles. The Morgan fingerprint density at radius 1 is 1.14 bits per heavy atom. The van der Waals surface area contributed by atoms with Crippen LogP contribution < -0.4 is 5.32 Å². The Hall–Kier alpha value is -2.71. The Labute approximate surface area is 172 Å². The van der Waals surface area contributed by atoms with Crippen LogP contribution in [0.3, 0.4) is 0 Å². The summed E-state index contributed by atoms with van der Waals surface area (Å²) in [4.78, 5) is 17.3. The number of sulfone groups is 1. The summed E-state index contributed by atoms with van der Waals surface area (Å²) in [6.45, 7) is 0.449. The average Bonchev–Trinajstić information content (AvgIpc) is 3.25. The highest BCUT2D eigenvalue weighted by atomic mass is 32.2. The predicted octanol–water partition coefficient (Wildman–Crippen LogP) is 3.95. The lowest BCUT2D eigenvalue weighted by Crippen LogP contribution is -2.25. The second-order valence-corrected chi connectivity index (χ2v) is 10.2.